The maximum absolute atomic E-state index is 15.1. The Morgan fingerprint density at radius 1 is 1.12 bits per heavy atom. The van der Waals surface area contributed by atoms with Crippen molar-refractivity contribution in [2.24, 2.45) is 11.3 Å². The summed E-state index contributed by atoms with van der Waals surface area (Å²) in [6.45, 7) is 6.61. The summed E-state index contributed by atoms with van der Waals surface area (Å²) in [5.41, 5.74) is -1.33. The summed E-state index contributed by atoms with van der Waals surface area (Å²) in [6.07, 6.45) is -2.29. The molecule has 0 saturated carbocycles. The third kappa shape index (κ3) is 6.41. The number of alkyl halides is 2. The fraction of sp³-hybridized carbons (Fsp3) is 0.483. The van der Waals surface area contributed by atoms with E-state index in [4.69, 9.17) is 0 Å². The number of aliphatic hydroxyl groups is 1. The van der Waals surface area contributed by atoms with Crippen LogP contribution in [-0.4, -0.2) is 70.0 Å². The lowest BCUT2D eigenvalue weighted by Crippen LogP contribution is -2.58. The smallest absolute Gasteiger partial charge is 0.272 e. The summed E-state index contributed by atoms with van der Waals surface area (Å²) in [5.74, 6) is -6.88. The molecule has 0 bridgehead atoms. The third-order valence-electron chi connectivity index (χ3n) is 7.37. The van der Waals surface area contributed by atoms with Gasteiger partial charge in [0.1, 0.15) is 17.6 Å². The Hall–Kier alpha value is -3.60. The number of amides is 3. The van der Waals surface area contributed by atoms with Crippen LogP contribution in [0, 0.1) is 24.1 Å². The van der Waals surface area contributed by atoms with Crippen LogP contribution in [0.25, 0.3) is 0 Å². The van der Waals surface area contributed by atoms with Gasteiger partial charge in [-0.3, -0.25) is 14.4 Å². The molecule has 11 heteroatoms. The molecule has 4 N–H and O–H groups in total. The molecule has 1 aliphatic rings. The van der Waals surface area contributed by atoms with E-state index in [-0.39, 0.29) is 35.8 Å². The third-order valence-corrected chi connectivity index (χ3v) is 7.37. The molecular weight excluding hydrogens is 527 g/mol. The molecule has 2 aromatic rings. The van der Waals surface area contributed by atoms with Crippen molar-refractivity contribution >= 4 is 17.7 Å². The number of phenols is 1. The number of hydrogen-bond acceptors (Lipinski definition) is 5. The molecule has 40 heavy (non-hydrogen) atoms. The van der Waals surface area contributed by atoms with E-state index in [1.165, 1.54) is 57.2 Å². The van der Waals surface area contributed by atoms with Crippen molar-refractivity contribution in [1.82, 2.24) is 15.5 Å². The van der Waals surface area contributed by atoms with Crippen molar-refractivity contribution in [3.05, 3.63) is 65.0 Å². The maximum Gasteiger partial charge on any atom is 0.272 e. The Labute approximate surface area is 231 Å². The summed E-state index contributed by atoms with van der Waals surface area (Å²) >= 11 is 0. The Bertz CT molecular complexity index is 1270. The molecule has 1 saturated heterocycles. The summed E-state index contributed by atoms with van der Waals surface area (Å²) < 4.78 is 44.1. The van der Waals surface area contributed by atoms with Gasteiger partial charge in [0.25, 0.3) is 17.7 Å². The average Bonchev–Trinajstić information content (AvgIpc) is 3.06. The number of likely N-dealkylation sites (tertiary alicyclic amines) is 1. The summed E-state index contributed by atoms with van der Waals surface area (Å²) in [4.78, 5) is 40.5. The average molecular weight is 564 g/mol. The van der Waals surface area contributed by atoms with E-state index in [9.17, 15) is 29.0 Å². The molecule has 1 aliphatic heterocycles. The van der Waals surface area contributed by atoms with Gasteiger partial charge in [0.15, 0.2) is 6.10 Å². The molecule has 8 nitrogen and oxygen atoms in total. The first-order valence-electron chi connectivity index (χ1n) is 13.0. The normalized spacial score (nSPS) is 19.2. The van der Waals surface area contributed by atoms with Crippen LogP contribution in [0.5, 0.6) is 5.75 Å². The lowest BCUT2D eigenvalue weighted by atomic mass is 9.81. The fourth-order valence-electron chi connectivity index (χ4n) is 4.79. The molecule has 2 aromatic carbocycles. The second-order valence-electron chi connectivity index (χ2n) is 11.2. The Kier molecular flexibility index (Phi) is 9.18. The summed E-state index contributed by atoms with van der Waals surface area (Å²) in [6, 6.07) is 6.56. The van der Waals surface area contributed by atoms with E-state index in [2.05, 4.69) is 10.6 Å². The van der Waals surface area contributed by atoms with E-state index in [0.717, 1.165) is 6.07 Å². The number of aromatic hydroxyl groups is 1. The van der Waals surface area contributed by atoms with Gasteiger partial charge in [-0.25, -0.2) is 13.2 Å². The van der Waals surface area contributed by atoms with E-state index in [0.29, 0.717) is 10.5 Å². The van der Waals surface area contributed by atoms with Gasteiger partial charge in [0.05, 0.1) is 18.0 Å². The van der Waals surface area contributed by atoms with Crippen LogP contribution in [0.4, 0.5) is 13.2 Å². The molecule has 0 aliphatic carbocycles. The van der Waals surface area contributed by atoms with Crippen molar-refractivity contribution in [3.63, 3.8) is 0 Å². The molecule has 0 radical (unpaired) electrons. The molecule has 1 fully saturated rings. The van der Waals surface area contributed by atoms with Gasteiger partial charge >= 0.3 is 0 Å². The highest BCUT2D eigenvalue weighted by Gasteiger charge is 2.64. The van der Waals surface area contributed by atoms with Gasteiger partial charge < -0.3 is 25.7 Å². The minimum Gasteiger partial charge on any atom is -0.508 e. The van der Waals surface area contributed by atoms with Crippen LogP contribution in [-0.2, 0) is 16.0 Å². The van der Waals surface area contributed by atoms with Gasteiger partial charge in [-0.05, 0) is 49.1 Å². The van der Waals surface area contributed by atoms with E-state index < -0.39 is 59.6 Å². The van der Waals surface area contributed by atoms with Crippen LogP contribution < -0.4 is 10.6 Å². The quantitative estimate of drug-likeness (QED) is 0.374. The molecule has 1 heterocycles. The van der Waals surface area contributed by atoms with E-state index in [1.807, 2.05) is 13.8 Å². The predicted molar refractivity (Wildman–Crippen MR) is 142 cm³/mol. The van der Waals surface area contributed by atoms with Crippen LogP contribution >= 0.6 is 0 Å². The Morgan fingerprint density at radius 2 is 1.77 bits per heavy atom. The second kappa shape index (κ2) is 11.9. The predicted octanol–water partition coefficient (Wildman–Crippen LogP) is 3.19. The maximum atomic E-state index is 15.1. The van der Waals surface area contributed by atoms with Crippen LogP contribution in [0.15, 0.2) is 42.5 Å². The van der Waals surface area contributed by atoms with Gasteiger partial charge in [-0.1, -0.05) is 45.9 Å². The molecule has 1 unspecified atom stereocenters. The van der Waals surface area contributed by atoms with Gasteiger partial charge in [0.2, 0.25) is 5.91 Å². The van der Waals surface area contributed by atoms with E-state index >= 15 is 8.78 Å². The number of nitrogens with zero attached hydrogens (tertiary/aromatic N) is 1. The first-order chi connectivity index (χ1) is 18.6. The van der Waals surface area contributed by atoms with Gasteiger partial charge in [-0.15, -0.1) is 0 Å². The van der Waals surface area contributed by atoms with E-state index in [1.54, 1.807) is 0 Å². The molecule has 3 atom stereocenters. The van der Waals surface area contributed by atoms with Crippen molar-refractivity contribution in [1.29, 1.82) is 0 Å². The Balaban J connectivity index is 1.96. The zero-order valence-electron chi connectivity index (χ0n) is 23.2. The number of carbonyl (C=O) groups is 3. The first kappa shape index (κ1) is 30.9. The Morgan fingerprint density at radius 3 is 2.40 bits per heavy atom. The van der Waals surface area contributed by atoms with Crippen LogP contribution in [0.2, 0.25) is 0 Å². The van der Waals surface area contributed by atoms with Gasteiger partial charge in [-0.2, -0.15) is 0 Å². The lowest BCUT2D eigenvalue weighted by molar-refractivity contribution is -0.148. The second-order valence-corrected chi connectivity index (χ2v) is 11.2. The first-order valence-corrected chi connectivity index (χ1v) is 13.0. The number of aliphatic hydroxyl groups excluding tert-OH is 1. The van der Waals surface area contributed by atoms with Crippen molar-refractivity contribution in [2.45, 2.75) is 65.1 Å². The zero-order valence-corrected chi connectivity index (χ0v) is 23.2. The highest BCUT2D eigenvalue weighted by molar-refractivity contribution is 5.97. The summed E-state index contributed by atoms with van der Waals surface area (Å²) in [7, 11) is 0. The number of rotatable bonds is 9. The van der Waals surface area contributed by atoms with Crippen molar-refractivity contribution < 1.29 is 37.8 Å². The van der Waals surface area contributed by atoms with Crippen LogP contribution in [0.3, 0.4) is 0 Å². The molecular formula is C29H36F3N3O5. The molecule has 0 spiro atoms. The number of phenolic OH excluding ortho intramolecular Hbond substituents is 1. The topological polar surface area (TPSA) is 119 Å². The van der Waals surface area contributed by atoms with Crippen molar-refractivity contribution in [2.75, 3.05) is 13.1 Å². The molecule has 0 aromatic heterocycles. The largest absolute Gasteiger partial charge is 0.508 e. The monoisotopic (exact) mass is 563 g/mol. The van der Waals surface area contributed by atoms with Gasteiger partial charge in [0, 0.05) is 17.7 Å². The summed E-state index contributed by atoms with van der Waals surface area (Å²) in [5, 5.41) is 26.4. The minimum absolute atomic E-state index is 0.0236. The van der Waals surface area contributed by atoms with Crippen molar-refractivity contribution in [3.8, 4) is 5.75 Å². The molecule has 218 valence electrons. The number of carbonyl (C=O) groups excluding carboxylic acids is 3. The highest BCUT2D eigenvalue weighted by Crippen LogP contribution is 2.48. The highest BCUT2D eigenvalue weighted by atomic mass is 19.3. The number of hydrogen-bond donors (Lipinski definition) is 4. The SMILES string of the molecule is Cc1c(O)cccc1C(=O)N[C@@H](Cc1cccc(F)c1)C(O)C(=O)N1CC(F)(F)C(C)(C)[C@H]1C(=O)NCC(C)C. The number of nitrogens with one attached hydrogen (secondary N) is 2. The van der Waals surface area contributed by atoms with Crippen LogP contribution in [0.1, 0.15) is 49.2 Å². The number of benzene rings is 2. The molecule has 3 rings (SSSR count). The lowest BCUT2D eigenvalue weighted by Gasteiger charge is -2.34. The minimum atomic E-state index is -3.46. The number of halogens is 3. The standard InChI is InChI=1S/C29H36F3N3O5/c1-16(2)14-33-26(39)24-28(4,5)29(31,32)15-35(24)27(40)23(37)21(13-18-8-6-9-19(30)12-18)34-25(38)20-10-7-11-22(36)17(20)3/h6-12,16,21,23-24,36-37H,13-15H2,1-5H3,(H,33,39)(H,34,38)/t21-,23?,24+/m0/s1. The fourth-order valence-corrected chi connectivity index (χ4v) is 4.79. The zero-order chi connectivity index (χ0) is 30.0. The molecule has 3 amide bonds.